The van der Waals surface area contributed by atoms with Crippen LogP contribution in [0.5, 0.6) is 11.5 Å². The predicted octanol–water partition coefficient (Wildman–Crippen LogP) is 3.91. The standard InChI is InChI=1S/C23H25ClN2O4S/c1-29-23-14-18(8-11-22(23)30-16-19-4-2-3-5-21(19)24)15-26-13-12-17-6-9-20(10-7-17)31(25,27)28/h2-11,14,26H,12-13,15-16H2,1H3,(H2,25,27,28). The molecule has 0 saturated heterocycles. The van der Waals surface area contributed by atoms with Crippen molar-refractivity contribution in [2.24, 2.45) is 5.14 Å². The Bertz CT molecular complexity index is 1120. The molecule has 0 spiro atoms. The smallest absolute Gasteiger partial charge is 0.238 e. The first-order valence-electron chi connectivity index (χ1n) is 9.72. The normalized spacial score (nSPS) is 11.3. The molecule has 31 heavy (non-hydrogen) atoms. The molecule has 8 heteroatoms. The van der Waals surface area contributed by atoms with Crippen molar-refractivity contribution < 1.29 is 17.9 Å². The van der Waals surface area contributed by atoms with Gasteiger partial charge in [-0.3, -0.25) is 0 Å². The SMILES string of the molecule is COc1cc(CNCCc2ccc(S(N)(=O)=O)cc2)ccc1OCc1ccccc1Cl. The van der Waals surface area contributed by atoms with Crippen LogP contribution in [0, 0.1) is 0 Å². The quantitative estimate of drug-likeness (QED) is 0.448. The number of nitrogens with two attached hydrogens (primary N) is 1. The van der Waals surface area contributed by atoms with Crippen LogP contribution in [0.15, 0.2) is 71.6 Å². The summed E-state index contributed by atoms with van der Waals surface area (Å²) in [7, 11) is -2.05. The van der Waals surface area contributed by atoms with Crippen LogP contribution in [0.2, 0.25) is 5.02 Å². The summed E-state index contributed by atoms with van der Waals surface area (Å²) in [5, 5.41) is 9.16. The van der Waals surface area contributed by atoms with Crippen molar-refractivity contribution in [2.75, 3.05) is 13.7 Å². The minimum atomic E-state index is -3.66. The molecule has 0 aliphatic rings. The summed E-state index contributed by atoms with van der Waals surface area (Å²) in [6.45, 7) is 1.76. The number of benzene rings is 3. The average molecular weight is 461 g/mol. The van der Waals surface area contributed by atoms with Crippen LogP contribution >= 0.6 is 11.6 Å². The van der Waals surface area contributed by atoms with Crippen molar-refractivity contribution in [1.29, 1.82) is 0 Å². The second-order valence-electron chi connectivity index (χ2n) is 6.98. The van der Waals surface area contributed by atoms with Crippen molar-refractivity contribution in [3.05, 3.63) is 88.4 Å². The predicted molar refractivity (Wildman–Crippen MR) is 122 cm³/mol. The minimum absolute atomic E-state index is 0.119. The summed E-state index contributed by atoms with van der Waals surface area (Å²) in [6, 6.07) is 20.0. The van der Waals surface area contributed by atoms with Gasteiger partial charge in [0.15, 0.2) is 11.5 Å². The summed E-state index contributed by atoms with van der Waals surface area (Å²) in [5.41, 5.74) is 3.00. The Labute approximate surface area is 188 Å². The third kappa shape index (κ3) is 6.70. The third-order valence-electron chi connectivity index (χ3n) is 4.74. The van der Waals surface area contributed by atoms with E-state index in [2.05, 4.69) is 5.32 Å². The van der Waals surface area contributed by atoms with Gasteiger partial charge in [0, 0.05) is 17.1 Å². The molecule has 0 aliphatic carbocycles. The van der Waals surface area contributed by atoms with Crippen molar-refractivity contribution in [2.45, 2.75) is 24.5 Å². The average Bonchev–Trinajstić information content (AvgIpc) is 2.76. The number of hydrogen-bond donors (Lipinski definition) is 2. The number of hydrogen-bond acceptors (Lipinski definition) is 5. The van der Waals surface area contributed by atoms with E-state index in [1.54, 1.807) is 19.2 Å². The molecule has 0 aliphatic heterocycles. The van der Waals surface area contributed by atoms with Crippen LogP contribution in [-0.2, 0) is 29.6 Å². The van der Waals surface area contributed by atoms with Gasteiger partial charge in [0.1, 0.15) is 6.61 Å². The number of nitrogens with one attached hydrogen (secondary N) is 1. The summed E-state index contributed by atoms with van der Waals surface area (Å²) >= 11 is 6.18. The van der Waals surface area contributed by atoms with Gasteiger partial charge in [-0.25, -0.2) is 13.6 Å². The van der Waals surface area contributed by atoms with E-state index in [0.29, 0.717) is 29.7 Å². The zero-order chi connectivity index (χ0) is 22.3. The molecule has 164 valence electrons. The van der Waals surface area contributed by atoms with Gasteiger partial charge >= 0.3 is 0 Å². The van der Waals surface area contributed by atoms with Crippen molar-refractivity contribution in [3.8, 4) is 11.5 Å². The molecule has 0 fully saturated rings. The lowest BCUT2D eigenvalue weighted by Crippen LogP contribution is -2.17. The van der Waals surface area contributed by atoms with Crippen LogP contribution in [-0.4, -0.2) is 22.1 Å². The highest BCUT2D eigenvalue weighted by atomic mass is 35.5. The lowest BCUT2D eigenvalue weighted by molar-refractivity contribution is 0.284. The fourth-order valence-corrected chi connectivity index (χ4v) is 3.73. The van der Waals surface area contributed by atoms with Gasteiger partial charge in [-0.2, -0.15) is 0 Å². The van der Waals surface area contributed by atoms with Gasteiger partial charge in [0.25, 0.3) is 0 Å². The maximum atomic E-state index is 11.3. The van der Waals surface area contributed by atoms with Crippen molar-refractivity contribution in [3.63, 3.8) is 0 Å². The lowest BCUT2D eigenvalue weighted by atomic mass is 10.1. The van der Waals surface area contributed by atoms with Gasteiger partial charge < -0.3 is 14.8 Å². The first kappa shape index (κ1) is 23.1. The van der Waals surface area contributed by atoms with Crippen LogP contribution < -0.4 is 19.9 Å². The van der Waals surface area contributed by atoms with Gasteiger partial charge in [-0.15, -0.1) is 0 Å². The molecular formula is C23H25ClN2O4S. The van der Waals surface area contributed by atoms with E-state index in [4.69, 9.17) is 26.2 Å². The molecule has 0 radical (unpaired) electrons. The highest BCUT2D eigenvalue weighted by Gasteiger charge is 2.09. The second-order valence-corrected chi connectivity index (χ2v) is 8.95. The Hall–Kier alpha value is -2.58. The first-order chi connectivity index (χ1) is 14.9. The molecule has 3 aromatic carbocycles. The third-order valence-corrected chi connectivity index (χ3v) is 6.04. The van der Waals surface area contributed by atoms with Crippen LogP contribution in [0.25, 0.3) is 0 Å². The van der Waals surface area contributed by atoms with E-state index >= 15 is 0 Å². The molecule has 6 nitrogen and oxygen atoms in total. The van der Waals surface area contributed by atoms with E-state index < -0.39 is 10.0 Å². The molecule has 0 aromatic heterocycles. The monoisotopic (exact) mass is 460 g/mol. The largest absolute Gasteiger partial charge is 0.493 e. The fourth-order valence-electron chi connectivity index (χ4n) is 3.02. The molecule has 0 saturated carbocycles. The Balaban J connectivity index is 1.51. The maximum Gasteiger partial charge on any atom is 0.238 e. The second kappa shape index (κ2) is 10.6. The number of methoxy groups -OCH3 is 1. The number of ether oxygens (including phenoxy) is 2. The molecule has 3 rings (SSSR count). The molecule has 0 unspecified atom stereocenters. The fraction of sp³-hybridized carbons (Fsp3) is 0.217. The van der Waals surface area contributed by atoms with E-state index in [-0.39, 0.29) is 4.90 Å². The molecule has 0 atom stereocenters. The van der Waals surface area contributed by atoms with E-state index in [0.717, 1.165) is 29.7 Å². The highest BCUT2D eigenvalue weighted by molar-refractivity contribution is 7.89. The van der Waals surface area contributed by atoms with Gasteiger partial charge in [-0.05, 0) is 54.4 Å². The summed E-state index contributed by atoms with van der Waals surface area (Å²) in [6.07, 6.45) is 0.765. The number of sulfonamides is 1. The maximum absolute atomic E-state index is 11.3. The van der Waals surface area contributed by atoms with Gasteiger partial charge in [0.05, 0.1) is 12.0 Å². The highest BCUT2D eigenvalue weighted by Crippen LogP contribution is 2.29. The van der Waals surface area contributed by atoms with E-state index in [9.17, 15) is 8.42 Å². The van der Waals surface area contributed by atoms with Crippen LogP contribution in [0.1, 0.15) is 16.7 Å². The van der Waals surface area contributed by atoms with Crippen molar-refractivity contribution >= 4 is 21.6 Å². The molecule has 3 N–H and O–H groups in total. The number of halogens is 1. The molecule has 3 aromatic rings. The zero-order valence-electron chi connectivity index (χ0n) is 17.2. The lowest BCUT2D eigenvalue weighted by Gasteiger charge is -2.13. The van der Waals surface area contributed by atoms with E-state index in [1.807, 2.05) is 42.5 Å². The van der Waals surface area contributed by atoms with Gasteiger partial charge in [-0.1, -0.05) is 48.0 Å². The van der Waals surface area contributed by atoms with E-state index in [1.165, 1.54) is 12.1 Å². The number of rotatable bonds is 10. The Morgan fingerprint density at radius 1 is 0.968 bits per heavy atom. The van der Waals surface area contributed by atoms with Crippen LogP contribution in [0.4, 0.5) is 0 Å². The number of primary sulfonamides is 1. The molecular weight excluding hydrogens is 436 g/mol. The molecule has 0 amide bonds. The Morgan fingerprint density at radius 2 is 1.68 bits per heavy atom. The Kier molecular flexibility index (Phi) is 7.92. The topological polar surface area (TPSA) is 90.6 Å². The van der Waals surface area contributed by atoms with Crippen LogP contribution in [0.3, 0.4) is 0 Å². The molecule has 0 bridgehead atoms. The molecule has 0 heterocycles. The summed E-state index contributed by atoms with van der Waals surface area (Å²) in [5.74, 6) is 1.31. The summed E-state index contributed by atoms with van der Waals surface area (Å²) in [4.78, 5) is 0.119. The Morgan fingerprint density at radius 3 is 2.35 bits per heavy atom. The summed E-state index contributed by atoms with van der Waals surface area (Å²) < 4.78 is 34.0. The van der Waals surface area contributed by atoms with Crippen molar-refractivity contribution in [1.82, 2.24) is 5.32 Å². The minimum Gasteiger partial charge on any atom is -0.493 e. The first-order valence-corrected chi connectivity index (χ1v) is 11.6. The zero-order valence-corrected chi connectivity index (χ0v) is 18.7. The van der Waals surface area contributed by atoms with Gasteiger partial charge in [0.2, 0.25) is 10.0 Å².